The largest absolute Gasteiger partial charge is 0.317 e. The number of hydrogen-bond donors (Lipinski definition) is 2. The Hall–Kier alpha value is -1.61. The molecule has 1 aliphatic rings. The maximum atomic E-state index is 4.60. The summed E-state index contributed by atoms with van der Waals surface area (Å²) in [7, 11) is 0. The summed E-state index contributed by atoms with van der Waals surface area (Å²) in [6.07, 6.45) is 2.37. The number of nitrogens with one attached hydrogen (secondary N) is 2. The molecule has 0 unspecified atom stereocenters. The van der Waals surface area contributed by atoms with Crippen LogP contribution in [0.25, 0.3) is 11.1 Å². The van der Waals surface area contributed by atoms with Crippen molar-refractivity contribution in [3.63, 3.8) is 0 Å². The van der Waals surface area contributed by atoms with E-state index in [4.69, 9.17) is 0 Å². The van der Waals surface area contributed by atoms with Crippen molar-refractivity contribution in [3.05, 3.63) is 41.2 Å². The summed E-state index contributed by atoms with van der Waals surface area (Å²) in [5, 5.41) is 11.2. The summed E-state index contributed by atoms with van der Waals surface area (Å²) in [5.41, 5.74) is 6.41. The summed E-state index contributed by atoms with van der Waals surface area (Å²) in [5.74, 6) is 0.584. The van der Waals surface area contributed by atoms with E-state index in [2.05, 4.69) is 53.6 Å². The van der Waals surface area contributed by atoms with Crippen LogP contribution in [0, 0.1) is 13.8 Å². The molecule has 0 amide bonds. The van der Waals surface area contributed by atoms with Gasteiger partial charge in [-0.05, 0) is 50.9 Å². The zero-order valence-corrected chi connectivity index (χ0v) is 11.7. The minimum Gasteiger partial charge on any atom is -0.317 e. The highest BCUT2D eigenvalue weighted by atomic mass is 15.1. The van der Waals surface area contributed by atoms with Gasteiger partial charge in [0.2, 0.25) is 0 Å². The van der Waals surface area contributed by atoms with Crippen molar-refractivity contribution in [2.24, 2.45) is 0 Å². The highest BCUT2D eigenvalue weighted by Crippen LogP contribution is 2.35. The summed E-state index contributed by atoms with van der Waals surface area (Å²) in [6.45, 7) is 6.50. The predicted octanol–water partition coefficient (Wildman–Crippen LogP) is 3.16. The van der Waals surface area contributed by atoms with E-state index in [-0.39, 0.29) is 0 Å². The molecule has 2 aromatic rings. The first-order valence-corrected chi connectivity index (χ1v) is 7.09. The van der Waals surface area contributed by atoms with Crippen molar-refractivity contribution in [2.45, 2.75) is 32.6 Å². The molecule has 1 aliphatic heterocycles. The van der Waals surface area contributed by atoms with Crippen LogP contribution in [0.1, 0.15) is 35.7 Å². The molecule has 0 aliphatic carbocycles. The van der Waals surface area contributed by atoms with E-state index >= 15 is 0 Å². The van der Waals surface area contributed by atoms with E-state index in [1.54, 1.807) is 0 Å². The quantitative estimate of drug-likeness (QED) is 0.865. The van der Waals surface area contributed by atoms with Crippen LogP contribution in [-0.4, -0.2) is 23.3 Å². The van der Waals surface area contributed by atoms with Crippen LogP contribution in [0.5, 0.6) is 0 Å². The topological polar surface area (TPSA) is 40.7 Å². The van der Waals surface area contributed by atoms with Crippen LogP contribution in [0.4, 0.5) is 0 Å². The highest BCUT2D eigenvalue weighted by molar-refractivity contribution is 5.72. The van der Waals surface area contributed by atoms with Gasteiger partial charge in [0.15, 0.2) is 0 Å². The first kappa shape index (κ1) is 12.4. The molecular weight excluding hydrogens is 234 g/mol. The summed E-state index contributed by atoms with van der Waals surface area (Å²) in [4.78, 5) is 0. The van der Waals surface area contributed by atoms with Crippen LogP contribution >= 0.6 is 0 Å². The van der Waals surface area contributed by atoms with E-state index in [1.165, 1.54) is 40.9 Å². The van der Waals surface area contributed by atoms with Crippen molar-refractivity contribution in [3.8, 4) is 11.1 Å². The van der Waals surface area contributed by atoms with Gasteiger partial charge in [0.25, 0.3) is 0 Å². The molecule has 3 nitrogen and oxygen atoms in total. The van der Waals surface area contributed by atoms with Gasteiger partial charge in [0.05, 0.1) is 5.69 Å². The van der Waals surface area contributed by atoms with Crippen molar-refractivity contribution in [1.29, 1.82) is 0 Å². The fourth-order valence-electron chi connectivity index (χ4n) is 3.03. The normalized spacial score (nSPS) is 16.7. The van der Waals surface area contributed by atoms with E-state index in [0.717, 1.165) is 13.1 Å². The molecule has 0 spiro atoms. The fourth-order valence-corrected chi connectivity index (χ4v) is 3.03. The molecule has 0 atom stereocenters. The van der Waals surface area contributed by atoms with Gasteiger partial charge in [0, 0.05) is 17.2 Å². The summed E-state index contributed by atoms with van der Waals surface area (Å²) >= 11 is 0. The van der Waals surface area contributed by atoms with Gasteiger partial charge >= 0.3 is 0 Å². The summed E-state index contributed by atoms with van der Waals surface area (Å²) < 4.78 is 0. The molecule has 1 aromatic heterocycles. The van der Waals surface area contributed by atoms with E-state index in [0.29, 0.717) is 5.92 Å². The average Bonchev–Trinajstić information content (AvgIpc) is 2.82. The zero-order valence-electron chi connectivity index (χ0n) is 11.7. The average molecular weight is 255 g/mol. The molecule has 19 heavy (non-hydrogen) atoms. The van der Waals surface area contributed by atoms with Gasteiger partial charge in [-0.3, -0.25) is 5.10 Å². The smallest absolute Gasteiger partial charge is 0.0735 e. The molecule has 1 aromatic carbocycles. The molecule has 0 radical (unpaired) electrons. The lowest BCUT2D eigenvalue weighted by Gasteiger charge is -2.22. The highest BCUT2D eigenvalue weighted by Gasteiger charge is 2.23. The fraction of sp³-hybridized carbons (Fsp3) is 0.438. The van der Waals surface area contributed by atoms with Crippen molar-refractivity contribution < 1.29 is 0 Å². The Labute approximate surface area is 114 Å². The molecule has 0 bridgehead atoms. The first-order chi connectivity index (χ1) is 9.27. The number of aromatic amines is 1. The van der Waals surface area contributed by atoms with E-state index in [1.807, 2.05) is 0 Å². The SMILES string of the molecule is Cc1ccccc1-c1c(C2CCNCC2)n[nH]c1C. The first-order valence-electron chi connectivity index (χ1n) is 7.09. The Morgan fingerprint density at radius 3 is 2.58 bits per heavy atom. The standard InChI is InChI=1S/C16H21N3/c1-11-5-3-4-6-14(11)15-12(2)18-19-16(15)13-7-9-17-10-8-13/h3-6,13,17H,7-10H2,1-2H3,(H,18,19). The molecule has 1 saturated heterocycles. The van der Waals surface area contributed by atoms with Gasteiger partial charge in [-0.15, -0.1) is 0 Å². The second-order valence-electron chi connectivity index (χ2n) is 5.45. The van der Waals surface area contributed by atoms with Crippen molar-refractivity contribution >= 4 is 0 Å². The second-order valence-corrected chi connectivity index (χ2v) is 5.45. The number of benzene rings is 1. The van der Waals surface area contributed by atoms with Gasteiger partial charge in [-0.2, -0.15) is 5.10 Å². The predicted molar refractivity (Wildman–Crippen MR) is 78.3 cm³/mol. The number of nitrogens with zero attached hydrogens (tertiary/aromatic N) is 1. The van der Waals surface area contributed by atoms with Gasteiger partial charge < -0.3 is 5.32 Å². The maximum Gasteiger partial charge on any atom is 0.0735 e. The van der Waals surface area contributed by atoms with Gasteiger partial charge in [0.1, 0.15) is 0 Å². The van der Waals surface area contributed by atoms with Crippen LogP contribution < -0.4 is 5.32 Å². The number of piperidine rings is 1. The third-order valence-electron chi connectivity index (χ3n) is 4.12. The summed E-state index contributed by atoms with van der Waals surface area (Å²) in [6, 6.07) is 8.59. The lowest BCUT2D eigenvalue weighted by molar-refractivity contribution is 0.453. The number of rotatable bonds is 2. The third-order valence-corrected chi connectivity index (χ3v) is 4.12. The monoisotopic (exact) mass is 255 g/mol. The van der Waals surface area contributed by atoms with E-state index in [9.17, 15) is 0 Å². The molecular formula is C16H21N3. The molecule has 0 saturated carbocycles. The zero-order chi connectivity index (χ0) is 13.2. The van der Waals surface area contributed by atoms with Crippen LogP contribution in [-0.2, 0) is 0 Å². The number of aromatic nitrogens is 2. The van der Waals surface area contributed by atoms with Gasteiger partial charge in [-0.25, -0.2) is 0 Å². The minimum atomic E-state index is 0.584. The Balaban J connectivity index is 2.06. The number of hydrogen-bond acceptors (Lipinski definition) is 2. The molecule has 3 heteroatoms. The Bertz CT molecular complexity index is 565. The van der Waals surface area contributed by atoms with Crippen LogP contribution in [0.15, 0.2) is 24.3 Å². The Morgan fingerprint density at radius 1 is 1.11 bits per heavy atom. The third kappa shape index (κ3) is 2.30. The van der Waals surface area contributed by atoms with Crippen LogP contribution in [0.3, 0.4) is 0 Å². The van der Waals surface area contributed by atoms with Crippen molar-refractivity contribution in [2.75, 3.05) is 13.1 Å². The number of H-pyrrole nitrogens is 1. The Morgan fingerprint density at radius 2 is 1.84 bits per heavy atom. The molecule has 1 fully saturated rings. The molecule has 2 N–H and O–H groups in total. The lowest BCUT2D eigenvalue weighted by Crippen LogP contribution is -2.27. The minimum absolute atomic E-state index is 0.584. The molecule has 2 heterocycles. The van der Waals surface area contributed by atoms with Crippen LogP contribution in [0.2, 0.25) is 0 Å². The van der Waals surface area contributed by atoms with Gasteiger partial charge in [-0.1, -0.05) is 24.3 Å². The molecule has 3 rings (SSSR count). The maximum absolute atomic E-state index is 4.60. The molecule has 100 valence electrons. The second kappa shape index (κ2) is 5.17. The lowest BCUT2D eigenvalue weighted by atomic mass is 9.88. The Kier molecular flexibility index (Phi) is 3.38. The van der Waals surface area contributed by atoms with E-state index < -0.39 is 0 Å². The van der Waals surface area contributed by atoms with Crippen molar-refractivity contribution in [1.82, 2.24) is 15.5 Å². The number of aryl methyl sites for hydroxylation is 2.